The molecule has 0 aromatic heterocycles. The molecule has 3 rings (SSSR count). The molecule has 22 heavy (non-hydrogen) atoms. The molecular formula is C19H20FNO. The van der Waals surface area contributed by atoms with Gasteiger partial charge in [-0.1, -0.05) is 29.8 Å². The molecular weight excluding hydrogens is 277 g/mol. The molecule has 2 aromatic carbocycles. The zero-order chi connectivity index (χ0) is 15.5. The van der Waals surface area contributed by atoms with Gasteiger partial charge in [-0.3, -0.25) is 4.79 Å². The van der Waals surface area contributed by atoms with Crippen LogP contribution >= 0.6 is 0 Å². The van der Waals surface area contributed by atoms with E-state index in [1.54, 1.807) is 12.1 Å². The second kappa shape index (κ2) is 6.30. The number of Topliss-reactive ketones (excluding diaryl/α,β-unsaturated/α-hetero) is 1. The van der Waals surface area contributed by atoms with Crippen LogP contribution in [0.2, 0.25) is 0 Å². The molecule has 1 fully saturated rings. The third-order valence-electron chi connectivity index (χ3n) is 4.36. The molecule has 0 amide bonds. The van der Waals surface area contributed by atoms with Crippen molar-refractivity contribution < 1.29 is 9.18 Å². The summed E-state index contributed by atoms with van der Waals surface area (Å²) in [5, 5.41) is 3.47. The molecule has 0 bridgehead atoms. The lowest BCUT2D eigenvalue weighted by Gasteiger charge is -2.25. The number of benzene rings is 2. The zero-order valence-corrected chi connectivity index (χ0v) is 12.7. The number of aryl methyl sites for hydroxylation is 1. The first-order valence-electron chi connectivity index (χ1n) is 7.75. The van der Waals surface area contributed by atoms with Crippen LogP contribution in [0.4, 0.5) is 10.1 Å². The van der Waals surface area contributed by atoms with E-state index >= 15 is 0 Å². The Labute approximate surface area is 130 Å². The van der Waals surface area contributed by atoms with Crippen LogP contribution in [-0.4, -0.2) is 5.78 Å². The number of hydrogen-bond acceptors (Lipinski definition) is 2. The molecule has 0 spiro atoms. The first-order valence-corrected chi connectivity index (χ1v) is 7.75. The predicted octanol–water partition coefficient (Wildman–Crippen LogP) is 4.66. The molecule has 1 N–H and O–H groups in total. The molecule has 1 saturated carbocycles. The summed E-state index contributed by atoms with van der Waals surface area (Å²) in [5.41, 5.74) is 3.14. The first kappa shape index (κ1) is 14.8. The van der Waals surface area contributed by atoms with Gasteiger partial charge in [-0.25, -0.2) is 4.39 Å². The Bertz CT molecular complexity index is 648. The van der Waals surface area contributed by atoms with Crippen molar-refractivity contribution in [2.45, 2.75) is 32.2 Å². The monoisotopic (exact) mass is 297 g/mol. The fraction of sp³-hybridized carbons (Fsp3) is 0.316. The van der Waals surface area contributed by atoms with Gasteiger partial charge in [-0.05, 0) is 49.6 Å². The Morgan fingerprint density at radius 2 is 1.77 bits per heavy atom. The summed E-state index contributed by atoms with van der Waals surface area (Å²) in [6.07, 6.45) is 2.48. The van der Waals surface area contributed by atoms with E-state index in [1.165, 1.54) is 17.7 Å². The Hall–Kier alpha value is -2.16. The van der Waals surface area contributed by atoms with Crippen molar-refractivity contribution in [2.24, 2.45) is 5.92 Å². The SMILES string of the molecule is Cc1ccc(N[C@@H](c2ccc(F)cc2)[C@@H]2CCCC2=O)cc1. The van der Waals surface area contributed by atoms with Crippen LogP contribution in [0.5, 0.6) is 0 Å². The second-order valence-electron chi connectivity index (χ2n) is 6.00. The van der Waals surface area contributed by atoms with Crippen LogP contribution in [-0.2, 0) is 4.79 Å². The smallest absolute Gasteiger partial charge is 0.138 e. The van der Waals surface area contributed by atoms with Crippen LogP contribution in [0.1, 0.15) is 36.4 Å². The number of rotatable bonds is 4. The van der Waals surface area contributed by atoms with E-state index in [0.29, 0.717) is 12.2 Å². The van der Waals surface area contributed by atoms with E-state index in [1.807, 2.05) is 31.2 Å². The van der Waals surface area contributed by atoms with Gasteiger partial charge in [-0.2, -0.15) is 0 Å². The van der Waals surface area contributed by atoms with Crippen molar-refractivity contribution in [3.63, 3.8) is 0 Å². The fourth-order valence-electron chi connectivity index (χ4n) is 3.11. The Balaban J connectivity index is 1.90. The van der Waals surface area contributed by atoms with E-state index in [-0.39, 0.29) is 17.8 Å². The molecule has 0 saturated heterocycles. The van der Waals surface area contributed by atoms with E-state index in [0.717, 1.165) is 24.1 Å². The van der Waals surface area contributed by atoms with Crippen molar-refractivity contribution in [1.82, 2.24) is 0 Å². The maximum absolute atomic E-state index is 13.2. The minimum Gasteiger partial charge on any atom is -0.378 e. The first-order chi connectivity index (χ1) is 10.6. The lowest BCUT2D eigenvalue weighted by atomic mass is 9.90. The van der Waals surface area contributed by atoms with Gasteiger partial charge >= 0.3 is 0 Å². The minimum absolute atomic E-state index is 0.0354. The van der Waals surface area contributed by atoms with Gasteiger partial charge in [0.15, 0.2) is 0 Å². The van der Waals surface area contributed by atoms with Crippen LogP contribution in [0.3, 0.4) is 0 Å². The number of anilines is 1. The lowest BCUT2D eigenvalue weighted by molar-refractivity contribution is -0.121. The van der Waals surface area contributed by atoms with Crippen molar-refractivity contribution in [2.75, 3.05) is 5.32 Å². The van der Waals surface area contributed by atoms with E-state index in [2.05, 4.69) is 5.32 Å². The van der Waals surface area contributed by atoms with Crippen molar-refractivity contribution in [3.8, 4) is 0 Å². The minimum atomic E-state index is -0.254. The Morgan fingerprint density at radius 3 is 2.36 bits per heavy atom. The molecule has 0 heterocycles. The zero-order valence-electron chi connectivity index (χ0n) is 12.7. The molecule has 0 unspecified atom stereocenters. The van der Waals surface area contributed by atoms with E-state index in [9.17, 15) is 9.18 Å². The number of carbonyl (C=O) groups is 1. The second-order valence-corrected chi connectivity index (χ2v) is 6.00. The summed E-state index contributed by atoms with van der Waals surface area (Å²) in [6.45, 7) is 2.04. The van der Waals surface area contributed by atoms with Gasteiger partial charge in [0.1, 0.15) is 11.6 Å². The summed E-state index contributed by atoms with van der Waals surface area (Å²) in [5.74, 6) is 0.0104. The highest BCUT2D eigenvalue weighted by atomic mass is 19.1. The maximum Gasteiger partial charge on any atom is 0.138 e. The highest BCUT2D eigenvalue weighted by Gasteiger charge is 2.33. The molecule has 3 heteroatoms. The van der Waals surface area contributed by atoms with Gasteiger partial charge in [0.25, 0.3) is 0 Å². The topological polar surface area (TPSA) is 29.1 Å². The van der Waals surface area contributed by atoms with Gasteiger partial charge < -0.3 is 5.32 Å². The van der Waals surface area contributed by atoms with Gasteiger partial charge in [0.2, 0.25) is 0 Å². The average Bonchev–Trinajstić information content (AvgIpc) is 2.94. The summed E-state index contributed by atoms with van der Waals surface area (Å²) in [4.78, 5) is 12.2. The average molecular weight is 297 g/mol. The number of hydrogen-bond donors (Lipinski definition) is 1. The Morgan fingerprint density at radius 1 is 1.09 bits per heavy atom. The third-order valence-corrected chi connectivity index (χ3v) is 4.36. The normalized spacial score (nSPS) is 19.2. The highest BCUT2D eigenvalue weighted by Crippen LogP contribution is 2.35. The van der Waals surface area contributed by atoms with Crippen LogP contribution in [0.15, 0.2) is 48.5 Å². The van der Waals surface area contributed by atoms with Gasteiger partial charge in [-0.15, -0.1) is 0 Å². The Kier molecular flexibility index (Phi) is 4.23. The summed E-state index contributed by atoms with van der Waals surface area (Å²) in [6, 6.07) is 14.5. The number of nitrogens with one attached hydrogen (secondary N) is 1. The number of carbonyl (C=O) groups excluding carboxylic acids is 1. The van der Waals surface area contributed by atoms with Gasteiger partial charge in [0.05, 0.1) is 6.04 Å². The van der Waals surface area contributed by atoms with Crippen LogP contribution < -0.4 is 5.32 Å². The number of halogens is 1. The molecule has 2 aromatic rings. The molecule has 0 radical (unpaired) electrons. The largest absolute Gasteiger partial charge is 0.378 e. The summed E-state index contributed by atoms with van der Waals surface area (Å²) >= 11 is 0. The summed E-state index contributed by atoms with van der Waals surface area (Å²) < 4.78 is 13.2. The quantitative estimate of drug-likeness (QED) is 0.889. The molecule has 1 aliphatic carbocycles. The van der Waals surface area contributed by atoms with Crippen LogP contribution in [0, 0.1) is 18.7 Å². The number of ketones is 1. The summed E-state index contributed by atoms with van der Waals surface area (Å²) in [7, 11) is 0. The molecule has 1 aliphatic rings. The highest BCUT2D eigenvalue weighted by molar-refractivity contribution is 5.84. The molecule has 114 valence electrons. The van der Waals surface area contributed by atoms with E-state index in [4.69, 9.17) is 0 Å². The molecule has 2 atom stereocenters. The fourth-order valence-corrected chi connectivity index (χ4v) is 3.11. The molecule has 0 aliphatic heterocycles. The van der Waals surface area contributed by atoms with Crippen molar-refractivity contribution >= 4 is 11.5 Å². The standard InChI is InChI=1S/C19H20FNO/c1-13-5-11-16(12-6-13)21-19(17-3-2-4-18(17)22)14-7-9-15(20)10-8-14/h5-12,17,19,21H,2-4H2,1H3/t17-,19+/m1/s1. The predicted molar refractivity (Wildman–Crippen MR) is 86.3 cm³/mol. The maximum atomic E-state index is 13.2. The van der Waals surface area contributed by atoms with Crippen LogP contribution in [0.25, 0.3) is 0 Å². The molecule has 2 nitrogen and oxygen atoms in total. The van der Waals surface area contributed by atoms with E-state index < -0.39 is 0 Å². The van der Waals surface area contributed by atoms with Crippen molar-refractivity contribution in [3.05, 3.63) is 65.5 Å². The lowest BCUT2D eigenvalue weighted by Crippen LogP contribution is -2.24. The van der Waals surface area contributed by atoms with Gasteiger partial charge in [0, 0.05) is 18.0 Å². The third kappa shape index (κ3) is 3.19. The van der Waals surface area contributed by atoms with Crippen molar-refractivity contribution in [1.29, 1.82) is 0 Å².